The van der Waals surface area contributed by atoms with Crippen LogP contribution in [0.4, 0.5) is 0 Å². The zero-order chi connectivity index (χ0) is 13.1. The van der Waals surface area contributed by atoms with Gasteiger partial charge in [-0.15, -0.1) is 11.3 Å². The number of nitrogens with two attached hydrogens (primary N) is 1. The zero-order valence-electron chi connectivity index (χ0n) is 10.8. The number of fused-ring (bicyclic) bond motifs is 1. The fourth-order valence-electron chi connectivity index (χ4n) is 2.61. The van der Waals surface area contributed by atoms with Crippen LogP contribution in [0.1, 0.15) is 46.3 Å². The minimum Gasteiger partial charge on any atom is -0.270 e. The highest BCUT2D eigenvalue weighted by Crippen LogP contribution is 2.33. The quantitative estimate of drug-likeness (QED) is 0.512. The molecule has 0 aliphatic heterocycles. The number of hydrazine groups is 1. The van der Waals surface area contributed by atoms with Crippen LogP contribution in [0.5, 0.6) is 0 Å². The Morgan fingerprint density at radius 1 is 1.21 bits per heavy atom. The van der Waals surface area contributed by atoms with Crippen LogP contribution in [0.25, 0.3) is 0 Å². The van der Waals surface area contributed by atoms with Gasteiger partial charge in [0.2, 0.25) is 0 Å². The van der Waals surface area contributed by atoms with E-state index in [1.54, 1.807) is 18.6 Å². The minimum absolute atomic E-state index is 0.0503. The summed E-state index contributed by atoms with van der Waals surface area (Å²) in [7, 11) is 0. The first-order valence-electron chi connectivity index (χ1n) is 6.72. The van der Waals surface area contributed by atoms with Gasteiger partial charge in [0.15, 0.2) is 0 Å². The van der Waals surface area contributed by atoms with E-state index in [0.29, 0.717) is 0 Å². The van der Waals surface area contributed by atoms with Crippen molar-refractivity contribution in [1.82, 2.24) is 15.4 Å². The van der Waals surface area contributed by atoms with Crippen LogP contribution in [-0.2, 0) is 12.8 Å². The molecule has 3 N–H and O–H groups in total. The fraction of sp³-hybridized carbons (Fsp3) is 0.429. The molecule has 1 atom stereocenters. The van der Waals surface area contributed by atoms with Crippen LogP contribution in [0.3, 0.4) is 0 Å². The molecule has 0 saturated carbocycles. The molecule has 5 heteroatoms. The molecular formula is C14H18N4S. The Morgan fingerprint density at radius 3 is 2.89 bits per heavy atom. The lowest BCUT2D eigenvalue weighted by molar-refractivity contribution is 0.626. The highest BCUT2D eigenvalue weighted by Gasteiger charge is 2.20. The molecule has 0 amide bonds. The second-order valence-electron chi connectivity index (χ2n) is 4.89. The Bertz CT molecular complexity index is 514. The topological polar surface area (TPSA) is 63.8 Å². The standard InChI is InChI=1S/C14H18N4S/c15-18-14(11-9-16-6-7-17-11)13-8-10-4-2-1-3-5-12(10)19-13/h6-9,14,18H,1-5,15H2. The maximum atomic E-state index is 5.71. The van der Waals surface area contributed by atoms with Crippen molar-refractivity contribution in [3.8, 4) is 0 Å². The van der Waals surface area contributed by atoms with E-state index in [2.05, 4.69) is 21.5 Å². The highest BCUT2D eigenvalue weighted by molar-refractivity contribution is 7.12. The summed E-state index contributed by atoms with van der Waals surface area (Å²) in [5.41, 5.74) is 5.25. The van der Waals surface area contributed by atoms with E-state index < -0.39 is 0 Å². The van der Waals surface area contributed by atoms with E-state index in [-0.39, 0.29) is 6.04 Å². The number of aromatic nitrogens is 2. The van der Waals surface area contributed by atoms with Gasteiger partial charge in [0.1, 0.15) is 0 Å². The predicted molar refractivity (Wildman–Crippen MR) is 76.8 cm³/mol. The van der Waals surface area contributed by atoms with Gasteiger partial charge in [0.05, 0.1) is 17.9 Å². The summed E-state index contributed by atoms with van der Waals surface area (Å²) in [5.74, 6) is 5.71. The van der Waals surface area contributed by atoms with E-state index in [1.807, 2.05) is 11.3 Å². The van der Waals surface area contributed by atoms with Crippen molar-refractivity contribution in [2.24, 2.45) is 5.84 Å². The van der Waals surface area contributed by atoms with E-state index in [9.17, 15) is 0 Å². The number of thiophene rings is 1. The van der Waals surface area contributed by atoms with Crippen molar-refractivity contribution in [3.63, 3.8) is 0 Å². The molecule has 0 spiro atoms. The van der Waals surface area contributed by atoms with Crippen LogP contribution >= 0.6 is 11.3 Å². The third-order valence-electron chi connectivity index (χ3n) is 3.60. The summed E-state index contributed by atoms with van der Waals surface area (Å²) in [6.07, 6.45) is 11.5. The van der Waals surface area contributed by atoms with Crippen molar-refractivity contribution < 1.29 is 0 Å². The number of hydrogen-bond donors (Lipinski definition) is 2. The van der Waals surface area contributed by atoms with Crippen molar-refractivity contribution in [1.29, 1.82) is 0 Å². The van der Waals surface area contributed by atoms with Gasteiger partial charge >= 0.3 is 0 Å². The predicted octanol–water partition coefficient (Wildman–Crippen LogP) is 2.36. The summed E-state index contributed by atoms with van der Waals surface area (Å²) in [5, 5.41) is 0. The lowest BCUT2D eigenvalue weighted by atomic mass is 10.1. The van der Waals surface area contributed by atoms with Gasteiger partial charge in [-0.2, -0.15) is 0 Å². The van der Waals surface area contributed by atoms with Gasteiger partial charge in [-0.3, -0.25) is 15.8 Å². The number of nitrogens with zero attached hydrogens (tertiary/aromatic N) is 2. The Balaban J connectivity index is 1.92. The van der Waals surface area contributed by atoms with Crippen LogP contribution in [0.2, 0.25) is 0 Å². The van der Waals surface area contributed by atoms with Crippen molar-refractivity contribution >= 4 is 11.3 Å². The van der Waals surface area contributed by atoms with Crippen LogP contribution in [-0.4, -0.2) is 9.97 Å². The average Bonchev–Trinajstić information content (AvgIpc) is 2.71. The maximum absolute atomic E-state index is 5.71. The first kappa shape index (κ1) is 12.7. The lowest BCUT2D eigenvalue weighted by Gasteiger charge is -2.12. The van der Waals surface area contributed by atoms with Gasteiger partial charge in [0, 0.05) is 22.1 Å². The number of hydrogen-bond acceptors (Lipinski definition) is 5. The van der Waals surface area contributed by atoms with Crippen molar-refractivity contribution in [2.75, 3.05) is 0 Å². The molecular weight excluding hydrogens is 256 g/mol. The summed E-state index contributed by atoms with van der Waals surface area (Å²) in [6, 6.07) is 2.25. The van der Waals surface area contributed by atoms with Gasteiger partial charge in [0.25, 0.3) is 0 Å². The SMILES string of the molecule is NNC(c1cnccn1)c1cc2c(s1)CCCCC2. The molecule has 1 aliphatic rings. The minimum atomic E-state index is -0.0503. The third kappa shape index (κ3) is 2.68. The number of rotatable bonds is 3. The molecule has 0 fully saturated rings. The van der Waals surface area contributed by atoms with Gasteiger partial charge in [-0.25, -0.2) is 5.43 Å². The molecule has 0 aromatic carbocycles. The normalized spacial score (nSPS) is 16.7. The first-order chi connectivity index (χ1) is 9.38. The summed E-state index contributed by atoms with van der Waals surface area (Å²) >= 11 is 1.87. The molecule has 0 saturated heterocycles. The van der Waals surface area contributed by atoms with Crippen LogP contribution < -0.4 is 11.3 Å². The molecule has 100 valence electrons. The van der Waals surface area contributed by atoms with Gasteiger partial charge in [-0.05, 0) is 37.3 Å². The van der Waals surface area contributed by atoms with Gasteiger partial charge in [-0.1, -0.05) is 6.42 Å². The molecule has 3 rings (SSSR count). The Morgan fingerprint density at radius 2 is 2.11 bits per heavy atom. The van der Waals surface area contributed by atoms with E-state index in [0.717, 1.165) is 5.69 Å². The first-order valence-corrected chi connectivity index (χ1v) is 7.53. The molecule has 2 heterocycles. The largest absolute Gasteiger partial charge is 0.270 e. The van der Waals surface area contributed by atoms with Crippen LogP contribution in [0, 0.1) is 0 Å². The van der Waals surface area contributed by atoms with Gasteiger partial charge < -0.3 is 0 Å². The monoisotopic (exact) mass is 274 g/mol. The van der Waals surface area contributed by atoms with Crippen LogP contribution in [0.15, 0.2) is 24.7 Å². The second kappa shape index (κ2) is 5.77. The Labute approximate surface area is 117 Å². The average molecular weight is 274 g/mol. The van der Waals surface area contributed by atoms with E-state index in [1.165, 1.54) is 47.4 Å². The second-order valence-corrected chi connectivity index (χ2v) is 6.06. The summed E-state index contributed by atoms with van der Waals surface area (Å²) in [4.78, 5) is 11.2. The summed E-state index contributed by atoms with van der Waals surface area (Å²) < 4.78 is 0. The highest BCUT2D eigenvalue weighted by atomic mass is 32.1. The smallest absolute Gasteiger partial charge is 0.0988 e. The maximum Gasteiger partial charge on any atom is 0.0988 e. The molecule has 2 aromatic heterocycles. The lowest BCUT2D eigenvalue weighted by Crippen LogP contribution is -2.29. The molecule has 0 bridgehead atoms. The van der Waals surface area contributed by atoms with Crippen molar-refractivity contribution in [3.05, 3.63) is 45.7 Å². The third-order valence-corrected chi connectivity index (χ3v) is 4.90. The van der Waals surface area contributed by atoms with E-state index >= 15 is 0 Å². The molecule has 4 nitrogen and oxygen atoms in total. The Kier molecular flexibility index (Phi) is 3.87. The molecule has 1 aliphatic carbocycles. The number of aryl methyl sites for hydroxylation is 2. The fourth-order valence-corrected chi connectivity index (χ4v) is 3.94. The molecule has 2 aromatic rings. The molecule has 0 radical (unpaired) electrons. The molecule has 19 heavy (non-hydrogen) atoms. The molecule has 1 unspecified atom stereocenters. The van der Waals surface area contributed by atoms with E-state index in [4.69, 9.17) is 5.84 Å². The zero-order valence-corrected chi connectivity index (χ0v) is 11.6. The summed E-state index contributed by atoms with van der Waals surface area (Å²) in [6.45, 7) is 0. The van der Waals surface area contributed by atoms with Crippen molar-refractivity contribution in [2.45, 2.75) is 38.1 Å². The Hall–Kier alpha value is -1.30. The number of nitrogens with one attached hydrogen (secondary N) is 1.